The standard InChI is InChI=1S/C19H13ClF4N4O/c1-2-29-18-27-26-14-9-25-16(10-3-5-11(6-4-10)19(22,23)24)15-12(20)7-8-13(21)17(15)28(14)18/h3-8H,2,9H2,1H3. The fraction of sp³-hybridized carbons (Fsp3) is 0.211. The Hall–Kier alpha value is -2.94. The summed E-state index contributed by atoms with van der Waals surface area (Å²) in [5.74, 6) is -0.300. The van der Waals surface area contributed by atoms with Crippen LogP contribution in [0.4, 0.5) is 17.6 Å². The van der Waals surface area contributed by atoms with E-state index >= 15 is 0 Å². The van der Waals surface area contributed by atoms with Gasteiger partial charge in [0.2, 0.25) is 0 Å². The average Bonchev–Trinajstić information content (AvgIpc) is 2.98. The molecule has 0 atom stereocenters. The molecule has 0 amide bonds. The minimum Gasteiger partial charge on any atom is -0.464 e. The van der Waals surface area contributed by atoms with E-state index < -0.39 is 17.6 Å². The average molecular weight is 425 g/mol. The molecule has 0 fully saturated rings. The van der Waals surface area contributed by atoms with Gasteiger partial charge in [-0.25, -0.2) is 8.96 Å². The van der Waals surface area contributed by atoms with Crippen molar-refractivity contribution in [3.63, 3.8) is 0 Å². The molecule has 0 unspecified atom stereocenters. The second kappa shape index (κ2) is 7.14. The lowest BCUT2D eigenvalue weighted by Gasteiger charge is -2.16. The van der Waals surface area contributed by atoms with Crippen molar-refractivity contribution in [3.8, 4) is 11.7 Å². The maximum atomic E-state index is 14.9. The Morgan fingerprint density at radius 3 is 2.48 bits per heavy atom. The van der Waals surface area contributed by atoms with Crippen LogP contribution < -0.4 is 4.74 Å². The van der Waals surface area contributed by atoms with Gasteiger partial charge < -0.3 is 4.74 Å². The molecule has 5 nitrogen and oxygen atoms in total. The van der Waals surface area contributed by atoms with E-state index in [0.29, 0.717) is 11.4 Å². The molecular formula is C19H13ClF4N4O. The van der Waals surface area contributed by atoms with Crippen LogP contribution in [-0.2, 0) is 12.7 Å². The summed E-state index contributed by atoms with van der Waals surface area (Å²) in [6.45, 7) is 2.04. The number of aromatic nitrogens is 3. The lowest BCUT2D eigenvalue weighted by atomic mass is 9.99. The van der Waals surface area contributed by atoms with Crippen LogP contribution in [0.2, 0.25) is 5.02 Å². The first-order valence-corrected chi connectivity index (χ1v) is 8.97. The highest BCUT2D eigenvalue weighted by atomic mass is 35.5. The third-order valence-electron chi connectivity index (χ3n) is 4.38. The number of hydrogen-bond acceptors (Lipinski definition) is 4. The number of fused-ring (bicyclic) bond motifs is 3. The summed E-state index contributed by atoms with van der Waals surface area (Å²) in [6.07, 6.45) is -4.47. The molecule has 3 aromatic rings. The summed E-state index contributed by atoms with van der Waals surface area (Å²) < 4.78 is 60.5. The highest BCUT2D eigenvalue weighted by molar-refractivity contribution is 6.36. The Kier molecular flexibility index (Phi) is 4.77. The summed E-state index contributed by atoms with van der Waals surface area (Å²) in [4.78, 5) is 4.45. The molecular weight excluding hydrogens is 412 g/mol. The van der Waals surface area contributed by atoms with Crippen molar-refractivity contribution < 1.29 is 22.3 Å². The predicted octanol–water partition coefficient (Wildman–Crippen LogP) is 4.83. The van der Waals surface area contributed by atoms with Gasteiger partial charge in [0.1, 0.15) is 12.4 Å². The van der Waals surface area contributed by atoms with Crippen molar-refractivity contribution in [1.29, 1.82) is 0 Å². The van der Waals surface area contributed by atoms with E-state index in [1.807, 2.05) is 0 Å². The van der Waals surface area contributed by atoms with Gasteiger partial charge in [-0.05, 0) is 31.2 Å². The van der Waals surface area contributed by atoms with Crippen LogP contribution in [0, 0.1) is 5.82 Å². The van der Waals surface area contributed by atoms with Crippen molar-refractivity contribution in [1.82, 2.24) is 14.8 Å². The van der Waals surface area contributed by atoms with Crippen molar-refractivity contribution in [2.75, 3.05) is 6.61 Å². The predicted molar refractivity (Wildman–Crippen MR) is 98.3 cm³/mol. The van der Waals surface area contributed by atoms with Gasteiger partial charge in [0.25, 0.3) is 0 Å². The van der Waals surface area contributed by atoms with Crippen molar-refractivity contribution >= 4 is 17.3 Å². The molecule has 2 aromatic carbocycles. The summed E-state index contributed by atoms with van der Waals surface area (Å²) in [5, 5.41) is 8.11. The van der Waals surface area contributed by atoms with E-state index in [2.05, 4.69) is 15.2 Å². The van der Waals surface area contributed by atoms with Gasteiger partial charge in [-0.1, -0.05) is 28.8 Å². The molecule has 0 spiro atoms. The van der Waals surface area contributed by atoms with Crippen LogP contribution in [0.3, 0.4) is 0 Å². The summed E-state index contributed by atoms with van der Waals surface area (Å²) in [5.41, 5.74) is 0.0921. The van der Waals surface area contributed by atoms with Crippen LogP contribution >= 0.6 is 11.6 Å². The molecule has 0 bridgehead atoms. The Bertz CT molecular complexity index is 1110. The number of aliphatic imine (C=N–C) groups is 1. The molecule has 10 heteroatoms. The molecule has 150 valence electrons. The van der Waals surface area contributed by atoms with Gasteiger partial charge in [0, 0.05) is 11.1 Å². The van der Waals surface area contributed by atoms with Gasteiger partial charge in [-0.15, -0.1) is 5.10 Å². The SMILES string of the molecule is CCOc1nnc2n1-c1c(F)ccc(Cl)c1C(c1ccc(C(F)(F)F)cc1)=NC2. The molecule has 1 aliphatic heterocycles. The van der Waals surface area contributed by atoms with Gasteiger partial charge in [0.15, 0.2) is 5.82 Å². The zero-order valence-corrected chi connectivity index (χ0v) is 15.7. The zero-order valence-electron chi connectivity index (χ0n) is 15.0. The molecule has 0 saturated heterocycles. The second-order valence-corrected chi connectivity index (χ2v) is 6.57. The largest absolute Gasteiger partial charge is 0.464 e. The van der Waals surface area contributed by atoms with Gasteiger partial charge in [-0.3, -0.25) is 4.99 Å². The molecule has 2 heterocycles. The highest BCUT2D eigenvalue weighted by Gasteiger charge is 2.31. The first-order valence-electron chi connectivity index (χ1n) is 8.59. The van der Waals surface area contributed by atoms with E-state index in [1.54, 1.807) is 6.92 Å². The van der Waals surface area contributed by atoms with E-state index in [-0.39, 0.29) is 41.1 Å². The van der Waals surface area contributed by atoms with Gasteiger partial charge in [0.05, 0.1) is 28.6 Å². The van der Waals surface area contributed by atoms with Crippen molar-refractivity contribution in [2.24, 2.45) is 4.99 Å². The van der Waals surface area contributed by atoms with E-state index in [9.17, 15) is 17.6 Å². The van der Waals surface area contributed by atoms with Crippen LogP contribution in [0.25, 0.3) is 5.69 Å². The first kappa shape index (κ1) is 19.4. The van der Waals surface area contributed by atoms with E-state index in [4.69, 9.17) is 16.3 Å². The molecule has 1 aromatic heterocycles. The minimum absolute atomic E-state index is 0.0148. The maximum Gasteiger partial charge on any atom is 0.416 e. The molecule has 4 rings (SSSR count). The number of rotatable bonds is 3. The van der Waals surface area contributed by atoms with Crippen LogP contribution in [0.15, 0.2) is 41.4 Å². The Morgan fingerprint density at radius 2 is 1.83 bits per heavy atom. The fourth-order valence-electron chi connectivity index (χ4n) is 3.12. The maximum absolute atomic E-state index is 14.9. The summed E-state index contributed by atoms with van der Waals surface area (Å²) >= 11 is 6.38. The Balaban J connectivity index is 1.93. The highest BCUT2D eigenvalue weighted by Crippen LogP contribution is 2.35. The number of hydrogen-bond donors (Lipinski definition) is 0. The Labute approximate surface area is 167 Å². The molecule has 0 N–H and O–H groups in total. The monoisotopic (exact) mass is 424 g/mol. The molecule has 0 radical (unpaired) electrons. The number of alkyl halides is 3. The molecule has 29 heavy (non-hydrogen) atoms. The minimum atomic E-state index is -4.47. The zero-order chi connectivity index (χ0) is 20.8. The lowest BCUT2D eigenvalue weighted by Crippen LogP contribution is -2.12. The number of benzene rings is 2. The fourth-order valence-corrected chi connectivity index (χ4v) is 3.36. The lowest BCUT2D eigenvalue weighted by molar-refractivity contribution is -0.137. The molecule has 1 aliphatic rings. The topological polar surface area (TPSA) is 52.3 Å². The van der Waals surface area contributed by atoms with E-state index in [0.717, 1.165) is 12.1 Å². The number of nitrogens with zero attached hydrogens (tertiary/aromatic N) is 4. The smallest absolute Gasteiger partial charge is 0.416 e. The van der Waals surface area contributed by atoms with Crippen LogP contribution in [0.5, 0.6) is 6.01 Å². The van der Waals surface area contributed by atoms with Crippen molar-refractivity contribution in [2.45, 2.75) is 19.6 Å². The molecule has 0 aliphatic carbocycles. The quantitative estimate of drug-likeness (QED) is 0.566. The summed E-state index contributed by atoms with van der Waals surface area (Å²) in [6, 6.07) is 7.09. The molecule has 0 saturated carbocycles. The third-order valence-corrected chi connectivity index (χ3v) is 4.69. The Morgan fingerprint density at radius 1 is 1.10 bits per heavy atom. The van der Waals surface area contributed by atoms with Gasteiger partial charge >= 0.3 is 12.2 Å². The van der Waals surface area contributed by atoms with E-state index in [1.165, 1.54) is 28.8 Å². The summed E-state index contributed by atoms with van der Waals surface area (Å²) in [7, 11) is 0. The normalized spacial score (nSPS) is 13.4. The number of halogens is 5. The number of ether oxygens (including phenoxy) is 1. The first-order chi connectivity index (χ1) is 13.8. The second-order valence-electron chi connectivity index (χ2n) is 6.16. The van der Waals surface area contributed by atoms with Crippen LogP contribution in [0.1, 0.15) is 29.4 Å². The van der Waals surface area contributed by atoms with Gasteiger partial charge in [-0.2, -0.15) is 13.2 Å². The third kappa shape index (κ3) is 3.35. The van der Waals surface area contributed by atoms with Crippen LogP contribution in [-0.4, -0.2) is 27.1 Å². The van der Waals surface area contributed by atoms with Crippen molar-refractivity contribution in [3.05, 3.63) is 69.8 Å².